The summed E-state index contributed by atoms with van der Waals surface area (Å²) in [5.74, 6) is 2.06. The van der Waals surface area contributed by atoms with Gasteiger partial charge in [0.25, 0.3) is 0 Å². The van der Waals surface area contributed by atoms with Crippen molar-refractivity contribution < 1.29 is 14.0 Å². The second-order valence-electron chi connectivity index (χ2n) is 10.1. The van der Waals surface area contributed by atoms with Gasteiger partial charge in [0, 0.05) is 6.54 Å². The standard InChI is InChI=1S/C24H31FN2O2/c1-15(19-4-6-20(25)7-5-19)26-22(28)21-3-2-8-27(21)23(29)24-12-16-9-17(13-24)11-18(10-16)14-24/h4-7,15-18,21H,2-3,8-14H2,1H3,(H,26,28). The predicted molar refractivity (Wildman–Crippen MR) is 108 cm³/mol. The number of halogens is 1. The molecule has 0 spiro atoms. The molecule has 4 saturated carbocycles. The summed E-state index contributed by atoms with van der Waals surface area (Å²) < 4.78 is 13.2. The van der Waals surface area contributed by atoms with Gasteiger partial charge in [-0.25, -0.2) is 4.39 Å². The molecule has 5 aliphatic rings. The van der Waals surface area contributed by atoms with Crippen molar-refractivity contribution in [3.05, 3.63) is 35.6 Å². The van der Waals surface area contributed by atoms with E-state index in [4.69, 9.17) is 0 Å². The van der Waals surface area contributed by atoms with Crippen molar-refractivity contribution >= 4 is 11.8 Å². The van der Waals surface area contributed by atoms with Crippen LogP contribution in [0.5, 0.6) is 0 Å². The molecule has 5 heteroatoms. The molecule has 4 nitrogen and oxygen atoms in total. The van der Waals surface area contributed by atoms with Crippen LogP contribution < -0.4 is 5.32 Å². The largest absolute Gasteiger partial charge is 0.348 e. The quantitative estimate of drug-likeness (QED) is 0.826. The van der Waals surface area contributed by atoms with E-state index in [1.807, 2.05) is 11.8 Å². The second kappa shape index (κ2) is 7.10. The molecule has 1 N–H and O–H groups in total. The highest BCUT2D eigenvalue weighted by Crippen LogP contribution is 2.60. The van der Waals surface area contributed by atoms with Crippen molar-refractivity contribution in [3.63, 3.8) is 0 Å². The van der Waals surface area contributed by atoms with Gasteiger partial charge in [0.1, 0.15) is 11.9 Å². The Bertz CT molecular complexity index is 770. The van der Waals surface area contributed by atoms with E-state index in [1.54, 1.807) is 12.1 Å². The van der Waals surface area contributed by atoms with Crippen LogP contribution in [-0.2, 0) is 9.59 Å². The normalized spacial score (nSPS) is 36.3. The summed E-state index contributed by atoms with van der Waals surface area (Å²) in [5.41, 5.74) is 0.678. The second-order valence-corrected chi connectivity index (χ2v) is 10.1. The third kappa shape index (κ3) is 3.36. The summed E-state index contributed by atoms with van der Waals surface area (Å²) in [5, 5.41) is 3.06. The minimum atomic E-state index is -0.363. The number of amides is 2. The fourth-order valence-corrected chi connectivity index (χ4v) is 7.10. The number of rotatable bonds is 4. The topological polar surface area (TPSA) is 49.4 Å². The van der Waals surface area contributed by atoms with E-state index >= 15 is 0 Å². The number of carbonyl (C=O) groups is 2. The van der Waals surface area contributed by atoms with Crippen LogP contribution in [0.15, 0.2) is 24.3 Å². The van der Waals surface area contributed by atoms with Crippen LogP contribution in [0.1, 0.15) is 69.9 Å². The highest BCUT2D eigenvalue weighted by Gasteiger charge is 2.56. The average Bonchev–Trinajstić information content (AvgIpc) is 3.16. The van der Waals surface area contributed by atoms with Crippen molar-refractivity contribution in [2.24, 2.45) is 23.2 Å². The van der Waals surface area contributed by atoms with Gasteiger partial charge in [-0.05, 0) is 93.7 Å². The maximum Gasteiger partial charge on any atom is 0.243 e. The molecule has 2 unspecified atom stereocenters. The van der Waals surface area contributed by atoms with Gasteiger partial charge >= 0.3 is 0 Å². The Kier molecular flexibility index (Phi) is 4.67. The highest BCUT2D eigenvalue weighted by atomic mass is 19.1. The van der Waals surface area contributed by atoms with E-state index < -0.39 is 0 Å². The maximum atomic E-state index is 13.7. The van der Waals surface area contributed by atoms with E-state index in [0.29, 0.717) is 6.54 Å². The smallest absolute Gasteiger partial charge is 0.243 e. The molecule has 1 aromatic carbocycles. The lowest BCUT2D eigenvalue weighted by molar-refractivity contribution is -0.160. The summed E-state index contributed by atoms with van der Waals surface area (Å²) in [6, 6.07) is 5.66. The molecule has 5 fully saturated rings. The molecule has 4 bridgehead atoms. The number of likely N-dealkylation sites (tertiary alicyclic amines) is 1. The van der Waals surface area contributed by atoms with E-state index in [1.165, 1.54) is 31.4 Å². The third-order valence-corrected chi connectivity index (χ3v) is 8.04. The first-order valence-electron chi connectivity index (χ1n) is 11.3. The summed E-state index contributed by atoms with van der Waals surface area (Å²) in [4.78, 5) is 28.7. The molecule has 2 atom stereocenters. The minimum Gasteiger partial charge on any atom is -0.348 e. The van der Waals surface area contributed by atoms with Crippen LogP contribution in [0, 0.1) is 29.0 Å². The van der Waals surface area contributed by atoms with Crippen LogP contribution in [0.25, 0.3) is 0 Å². The number of benzene rings is 1. The van der Waals surface area contributed by atoms with Crippen molar-refractivity contribution in [1.82, 2.24) is 10.2 Å². The zero-order valence-electron chi connectivity index (χ0n) is 17.2. The van der Waals surface area contributed by atoms with Crippen molar-refractivity contribution in [3.8, 4) is 0 Å². The van der Waals surface area contributed by atoms with Gasteiger partial charge < -0.3 is 10.2 Å². The molecule has 1 saturated heterocycles. The molecule has 2 amide bonds. The Morgan fingerprint density at radius 2 is 1.66 bits per heavy atom. The van der Waals surface area contributed by atoms with Crippen molar-refractivity contribution in [1.29, 1.82) is 0 Å². The Hall–Kier alpha value is -1.91. The first-order chi connectivity index (χ1) is 13.9. The van der Waals surface area contributed by atoms with Gasteiger partial charge in [-0.1, -0.05) is 12.1 Å². The van der Waals surface area contributed by atoms with E-state index in [2.05, 4.69) is 5.32 Å². The molecule has 1 heterocycles. The average molecular weight is 399 g/mol. The molecule has 4 aliphatic carbocycles. The van der Waals surface area contributed by atoms with Crippen molar-refractivity contribution in [2.75, 3.05) is 6.54 Å². The lowest BCUT2D eigenvalue weighted by atomic mass is 9.49. The van der Waals surface area contributed by atoms with E-state index in [9.17, 15) is 14.0 Å². The lowest BCUT2D eigenvalue weighted by Gasteiger charge is -2.56. The van der Waals surface area contributed by atoms with Crippen LogP contribution in [0.4, 0.5) is 4.39 Å². The van der Waals surface area contributed by atoms with Gasteiger partial charge in [0.2, 0.25) is 11.8 Å². The lowest BCUT2D eigenvalue weighted by Crippen LogP contribution is -2.57. The first kappa shape index (κ1) is 19.1. The zero-order chi connectivity index (χ0) is 20.2. The summed E-state index contributed by atoms with van der Waals surface area (Å²) in [7, 11) is 0. The predicted octanol–water partition coefficient (Wildman–Crippen LogP) is 4.21. The number of nitrogens with zero attached hydrogens (tertiary/aromatic N) is 1. The molecular formula is C24H31FN2O2. The van der Waals surface area contributed by atoms with Crippen LogP contribution in [0.3, 0.4) is 0 Å². The monoisotopic (exact) mass is 398 g/mol. The summed E-state index contributed by atoms with van der Waals surface area (Å²) >= 11 is 0. The maximum absolute atomic E-state index is 13.7. The highest BCUT2D eigenvalue weighted by molar-refractivity contribution is 5.91. The number of nitrogens with one attached hydrogen (secondary N) is 1. The van der Waals surface area contributed by atoms with Gasteiger partial charge in [-0.3, -0.25) is 9.59 Å². The van der Waals surface area contributed by atoms with E-state index in [0.717, 1.165) is 55.4 Å². The van der Waals surface area contributed by atoms with E-state index in [-0.39, 0.29) is 35.1 Å². The zero-order valence-corrected chi connectivity index (χ0v) is 17.2. The number of hydrogen-bond donors (Lipinski definition) is 1. The Morgan fingerprint density at radius 3 is 2.24 bits per heavy atom. The molecule has 1 aromatic rings. The Labute approximate surface area is 172 Å². The van der Waals surface area contributed by atoms with Gasteiger partial charge in [0.15, 0.2) is 0 Å². The van der Waals surface area contributed by atoms with Crippen LogP contribution in [-0.4, -0.2) is 29.3 Å². The molecule has 0 radical (unpaired) electrons. The van der Waals surface area contributed by atoms with Gasteiger partial charge in [0.05, 0.1) is 11.5 Å². The fraction of sp³-hybridized carbons (Fsp3) is 0.667. The Morgan fingerprint density at radius 1 is 1.07 bits per heavy atom. The molecule has 0 aromatic heterocycles. The number of carbonyl (C=O) groups excluding carboxylic acids is 2. The molecule has 1 aliphatic heterocycles. The third-order valence-electron chi connectivity index (χ3n) is 8.04. The number of hydrogen-bond acceptors (Lipinski definition) is 2. The molecule has 156 valence electrons. The van der Waals surface area contributed by atoms with Crippen LogP contribution >= 0.6 is 0 Å². The molecule has 29 heavy (non-hydrogen) atoms. The van der Waals surface area contributed by atoms with Crippen LogP contribution in [0.2, 0.25) is 0 Å². The summed E-state index contributed by atoms with van der Waals surface area (Å²) in [6.07, 6.45) is 8.67. The van der Waals surface area contributed by atoms with Gasteiger partial charge in [-0.15, -0.1) is 0 Å². The van der Waals surface area contributed by atoms with Crippen molar-refractivity contribution in [2.45, 2.75) is 70.4 Å². The Balaban J connectivity index is 1.29. The first-order valence-corrected chi connectivity index (χ1v) is 11.3. The molecular weight excluding hydrogens is 367 g/mol. The minimum absolute atomic E-state index is 0.0718. The molecule has 6 rings (SSSR count). The SMILES string of the molecule is CC(NC(=O)C1CCCN1C(=O)C12CC3CC(CC(C3)C1)C2)c1ccc(F)cc1. The fourth-order valence-electron chi connectivity index (χ4n) is 7.10. The van der Waals surface area contributed by atoms with Gasteiger partial charge in [-0.2, -0.15) is 0 Å². The summed E-state index contributed by atoms with van der Waals surface area (Å²) in [6.45, 7) is 2.61.